The molecule has 31 heavy (non-hydrogen) atoms. The first-order chi connectivity index (χ1) is 14.7. The maximum atomic E-state index is 13.3. The third-order valence-electron chi connectivity index (χ3n) is 6.72. The first-order valence-electron chi connectivity index (χ1n) is 11.4. The fourth-order valence-electron chi connectivity index (χ4n) is 5.10. The van der Waals surface area contributed by atoms with Crippen molar-refractivity contribution >= 4 is 28.4 Å². The first kappa shape index (κ1) is 22.5. The maximum absolute atomic E-state index is 13.3. The Morgan fingerprint density at radius 1 is 1.32 bits per heavy atom. The molecule has 1 aromatic heterocycles. The van der Waals surface area contributed by atoms with Crippen LogP contribution in [-0.2, 0) is 11.2 Å². The number of halogens is 3. The van der Waals surface area contributed by atoms with Gasteiger partial charge in [-0.05, 0) is 55.4 Å². The molecule has 1 fully saturated rings. The topological polar surface area (TPSA) is 48.1 Å². The van der Waals surface area contributed by atoms with Gasteiger partial charge in [0.25, 0.3) is 0 Å². The summed E-state index contributed by atoms with van der Waals surface area (Å²) in [6, 6.07) is 6.01. The molecule has 4 nitrogen and oxygen atoms in total. The Hall–Kier alpha value is -1.66. The molecule has 2 N–H and O–H groups in total. The second-order valence-electron chi connectivity index (χ2n) is 9.52. The third kappa shape index (κ3) is 5.06. The number of fused-ring (bicyclic) bond motifs is 3. The lowest BCUT2D eigenvalue weighted by atomic mass is 9.91. The molecule has 1 saturated carbocycles. The van der Waals surface area contributed by atoms with E-state index in [0.717, 1.165) is 34.5 Å². The minimum Gasteiger partial charge on any atom is -0.356 e. The van der Waals surface area contributed by atoms with Gasteiger partial charge in [-0.3, -0.25) is 4.79 Å². The largest absolute Gasteiger partial charge is 0.356 e. The maximum Gasteiger partial charge on any atom is 0.248 e. The number of aromatic amines is 1. The second kappa shape index (κ2) is 9.07. The quantitative estimate of drug-likeness (QED) is 0.578. The van der Waals surface area contributed by atoms with Gasteiger partial charge in [0.2, 0.25) is 11.8 Å². The van der Waals surface area contributed by atoms with Gasteiger partial charge in [-0.1, -0.05) is 25.4 Å². The summed E-state index contributed by atoms with van der Waals surface area (Å²) in [5, 5.41) is 5.20. The molecular formula is C24H32ClF2N3O. The number of hydrogen-bond acceptors (Lipinski definition) is 2. The molecule has 2 aromatic rings. The number of hydrogen-bond donors (Lipinski definition) is 2. The molecule has 0 spiro atoms. The van der Waals surface area contributed by atoms with Gasteiger partial charge < -0.3 is 15.2 Å². The zero-order valence-electron chi connectivity index (χ0n) is 18.3. The first-order valence-corrected chi connectivity index (χ1v) is 11.8. The predicted molar refractivity (Wildman–Crippen MR) is 121 cm³/mol. The molecule has 4 rings (SSSR count). The van der Waals surface area contributed by atoms with Crippen molar-refractivity contribution in [3.05, 3.63) is 34.5 Å². The third-order valence-corrected chi connectivity index (χ3v) is 6.95. The lowest BCUT2D eigenvalue weighted by Crippen LogP contribution is -2.43. The molecule has 170 valence electrons. The Morgan fingerprint density at radius 2 is 2.06 bits per heavy atom. The van der Waals surface area contributed by atoms with Gasteiger partial charge in [0.1, 0.15) is 0 Å². The fourth-order valence-corrected chi connectivity index (χ4v) is 5.27. The average molecular weight is 452 g/mol. The predicted octanol–water partition coefficient (Wildman–Crippen LogP) is 5.85. The summed E-state index contributed by atoms with van der Waals surface area (Å²) in [4.78, 5) is 18.7. The molecular weight excluding hydrogens is 420 g/mol. The molecule has 0 bridgehead atoms. The van der Waals surface area contributed by atoms with Crippen LogP contribution >= 0.6 is 11.6 Å². The second-order valence-corrected chi connectivity index (χ2v) is 9.96. The Kier molecular flexibility index (Phi) is 6.59. The molecule has 1 unspecified atom stereocenters. The lowest BCUT2D eigenvalue weighted by Gasteiger charge is -2.37. The van der Waals surface area contributed by atoms with Gasteiger partial charge in [0.05, 0.1) is 6.04 Å². The standard InChI is InChI=1S/C24H32ClF2N3O/c1-15(2)13-21-23-18(19-14-16(25)3-4-20(19)29-23)8-12-30(21)22(31)7-11-28-17-5-9-24(26,27)10-6-17/h3-4,14-15,17,21,28-29H,5-13H2,1-2H3. The van der Waals surface area contributed by atoms with Crippen LogP contribution in [0.2, 0.25) is 5.02 Å². The summed E-state index contributed by atoms with van der Waals surface area (Å²) in [7, 11) is 0. The Morgan fingerprint density at radius 3 is 2.77 bits per heavy atom. The van der Waals surface area contributed by atoms with E-state index in [1.54, 1.807) is 0 Å². The number of carbonyl (C=O) groups excluding carboxylic acids is 1. The van der Waals surface area contributed by atoms with E-state index >= 15 is 0 Å². The van der Waals surface area contributed by atoms with E-state index in [1.807, 2.05) is 23.1 Å². The van der Waals surface area contributed by atoms with E-state index in [0.29, 0.717) is 38.3 Å². The molecule has 2 heterocycles. The summed E-state index contributed by atoms with van der Waals surface area (Å²) < 4.78 is 26.7. The van der Waals surface area contributed by atoms with Crippen LogP contribution in [0.4, 0.5) is 8.78 Å². The highest BCUT2D eigenvalue weighted by atomic mass is 35.5. The van der Waals surface area contributed by atoms with Crippen LogP contribution in [0.25, 0.3) is 10.9 Å². The van der Waals surface area contributed by atoms with Crippen molar-refractivity contribution in [2.24, 2.45) is 5.92 Å². The van der Waals surface area contributed by atoms with Crippen LogP contribution in [0.3, 0.4) is 0 Å². The van der Waals surface area contributed by atoms with E-state index in [4.69, 9.17) is 11.6 Å². The summed E-state index contributed by atoms with van der Waals surface area (Å²) in [6.45, 7) is 5.58. The number of amides is 1. The Labute approximate surface area is 187 Å². The minimum absolute atomic E-state index is 0.0239. The van der Waals surface area contributed by atoms with Crippen molar-refractivity contribution in [2.75, 3.05) is 13.1 Å². The SMILES string of the molecule is CC(C)CC1c2[nH]c3ccc(Cl)cc3c2CCN1C(=O)CCNC1CCC(F)(F)CC1. The Balaban J connectivity index is 1.44. The molecule has 0 radical (unpaired) electrons. The molecule has 7 heteroatoms. The van der Waals surface area contributed by atoms with Crippen LogP contribution in [0.15, 0.2) is 18.2 Å². The van der Waals surface area contributed by atoms with Crippen molar-refractivity contribution in [1.82, 2.24) is 15.2 Å². The fraction of sp³-hybridized carbons (Fsp3) is 0.625. The smallest absolute Gasteiger partial charge is 0.248 e. The van der Waals surface area contributed by atoms with Crippen molar-refractivity contribution in [3.63, 3.8) is 0 Å². The summed E-state index contributed by atoms with van der Waals surface area (Å²) in [5.41, 5.74) is 3.47. The van der Waals surface area contributed by atoms with Crippen LogP contribution in [0, 0.1) is 5.92 Å². The van der Waals surface area contributed by atoms with Gasteiger partial charge in [0.15, 0.2) is 0 Å². The zero-order chi connectivity index (χ0) is 22.2. The number of aromatic nitrogens is 1. The normalized spacial score (nSPS) is 21.6. The number of alkyl halides is 2. The van der Waals surface area contributed by atoms with Crippen molar-refractivity contribution in [1.29, 1.82) is 0 Å². The van der Waals surface area contributed by atoms with E-state index in [-0.39, 0.29) is 30.8 Å². The highest BCUT2D eigenvalue weighted by molar-refractivity contribution is 6.31. The van der Waals surface area contributed by atoms with Crippen LogP contribution < -0.4 is 5.32 Å². The molecule has 0 saturated heterocycles. The molecule has 2 aliphatic rings. The van der Waals surface area contributed by atoms with Crippen molar-refractivity contribution in [3.8, 4) is 0 Å². The van der Waals surface area contributed by atoms with Crippen LogP contribution in [-0.4, -0.2) is 40.8 Å². The molecule has 1 atom stereocenters. The summed E-state index contributed by atoms with van der Waals surface area (Å²) in [5.74, 6) is -1.95. The number of H-pyrrole nitrogens is 1. The van der Waals surface area contributed by atoms with Gasteiger partial charge in [-0.25, -0.2) is 8.78 Å². The number of benzene rings is 1. The molecule has 1 aliphatic heterocycles. The minimum atomic E-state index is -2.52. The number of nitrogens with zero attached hydrogens (tertiary/aromatic N) is 1. The van der Waals surface area contributed by atoms with E-state index in [1.165, 1.54) is 5.56 Å². The lowest BCUT2D eigenvalue weighted by molar-refractivity contribution is -0.134. The average Bonchev–Trinajstić information content (AvgIpc) is 3.07. The molecule has 1 amide bonds. The van der Waals surface area contributed by atoms with Crippen LogP contribution in [0.5, 0.6) is 0 Å². The number of rotatable bonds is 6. The zero-order valence-corrected chi connectivity index (χ0v) is 19.1. The number of nitrogens with one attached hydrogen (secondary N) is 2. The van der Waals surface area contributed by atoms with Gasteiger partial charge in [-0.15, -0.1) is 0 Å². The van der Waals surface area contributed by atoms with Gasteiger partial charge >= 0.3 is 0 Å². The number of carbonyl (C=O) groups is 1. The highest BCUT2D eigenvalue weighted by Crippen LogP contribution is 2.39. The summed E-state index contributed by atoms with van der Waals surface area (Å²) >= 11 is 6.23. The van der Waals surface area contributed by atoms with Crippen LogP contribution in [0.1, 0.15) is 69.7 Å². The van der Waals surface area contributed by atoms with E-state index in [2.05, 4.69) is 24.1 Å². The Bertz CT molecular complexity index is 932. The van der Waals surface area contributed by atoms with E-state index < -0.39 is 5.92 Å². The molecule has 1 aromatic carbocycles. The highest BCUT2D eigenvalue weighted by Gasteiger charge is 2.35. The van der Waals surface area contributed by atoms with Crippen molar-refractivity contribution < 1.29 is 13.6 Å². The van der Waals surface area contributed by atoms with E-state index in [9.17, 15) is 13.6 Å². The van der Waals surface area contributed by atoms with Gasteiger partial charge in [-0.2, -0.15) is 0 Å². The van der Waals surface area contributed by atoms with Crippen molar-refractivity contribution in [2.45, 2.75) is 76.8 Å². The monoisotopic (exact) mass is 451 g/mol. The summed E-state index contributed by atoms with van der Waals surface area (Å²) in [6.07, 6.45) is 2.92. The van der Waals surface area contributed by atoms with Gasteiger partial charge in [0, 0.05) is 60.0 Å². The molecule has 1 aliphatic carbocycles.